The molecule has 0 atom stereocenters. The molecule has 4 heterocycles. The van der Waals surface area contributed by atoms with Gasteiger partial charge in [-0.1, -0.05) is 159 Å². The second-order valence-corrected chi connectivity index (χ2v) is 19.8. The standard InChI is InChI=1S/C67H44N4O/c1-67(2)56-31-29-43(34-50(56)51-36-53-48-25-12-14-27-60(48)70(62(53)38-57(51)67)46-22-10-5-11-23-46)44-30-32-61-52(35-44)54-37-55-49-26-13-15-28-64(49)72-65(55)40-63(54)71(61)47-24-16-21-45(33-47)59-39-58(41-17-6-3-7-18-41)68-66(69-59)42-19-8-4-9-20-42/h3-40H,1-2H3. The van der Waals surface area contributed by atoms with Crippen molar-refractivity contribution in [2.24, 2.45) is 0 Å². The Bertz CT molecular complexity index is 4460. The Kier molecular flexibility index (Phi) is 8.64. The van der Waals surface area contributed by atoms with Gasteiger partial charge in [0, 0.05) is 71.9 Å². The van der Waals surface area contributed by atoms with Gasteiger partial charge in [0.05, 0.1) is 33.5 Å². The monoisotopic (exact) mass is 920 g/mol. The molecule has 4 aromatic heterocycles. The van der Waals surface area contributed by atoms with Gasteiger partial charge in [0.1, 0.15) is 11.2 Å². The Morgan fingerprint density at radius 1 is 0.333 bits per heavy atom. The molecule has 72 heavy (non-hydrogen) atoms. The minimum Gasteiger partial charge on any atom is -0.456 e. The van der Waals surface area contributed by atoms with E-state index in [-0.39, 0.29) is 5.41 Å². The molecule has 0 saturated heterocycles. The minimum atomic E-state index is -0.183. The van der Waals surface area contributed by atoms with Crippen molar-refractivity contribution >= 4 is 65.6 Å². The Balaban J connectivity index is 0.908. The summed E-state index contributed by atoms with van der Waals surface area (Å²) in [6.45, 7) is 4.76. The predicted molar refractivity (Wildman–Crippen MR) is 297 cm³/mol. The maximum absolute atomic E-state index is 6.57. The molecule has 0 unspecified atom stereocenters. The maximum Gasteiger partial charge on any atom is 0.160 e. The van der Waals surface area contributed by atoms with Crippen molar-refractivity contribution in [3.8, 4) is 67.5 Å². The number of rotatable bonds is 6. The Morgan fingerprint density at radius 3 is 1.74 bits per heavy atom. The molecule has 5 heteroatoms. The van der Waals surface area contributed by atoms with Crippen LogP contribution in [0.3, 0.4) is 0 Å². The predicted octanol–water partition coefficient (Wildman–Crippen LogP) is 17.5. The first-order valence-corrected chi connectivity index (χ1v) is 24.7. The van der Waals surface area contributed by atoms with Gasteiger partial charge >= 0.3 is 0 Å². The Hall–Kier alpha value is -9.32. The maximum atomic E-state index is 6.57. The lowest BCUT2D eigenvalue weighted by molar-refractivity contribution is 0.661. The molecule has 0 saturated carbocycles. The van der Waals surface area contributed by atoms with Crippen molar-refractivity contribution in [1.82, 2.24) is 19.1 Å². The summed E-state index contributed by atoms with van der Waals surface area (Å²) in [5.41, 5.74) is 20.9. The lowest BCUT2D eigenvalue weighted by Crippen LogP contribution is -2.15. The Morgan fingerprint density at radius 2 is 0.917 bits per heavy atom. The van der Waals surface area contributed by atoms with Crippen molar-refractivity contribution < 1.29 is 4.42 Å². The SMILES string of the molecule is CC1(C)c2ccc(-c3ccc4c(c3)c3cc5c(cc3n4-c3cccc(-c4cc(-c6ccccc6)nc(-c6ccccc6)n4)c3)oc3ccccc35)cc2-c2cc3c4ccccc4n(-c4ccccc4)c3cc21. The number of para-hydroxylation sites is 3. The molecule has 0 spiro atoms. The van der Waals surface area contributed by atoms with E-state index in [0.717, 1.165) is 66.7 Å². The summed E-state index contributed by atoms with van der Waals surface area (Å²) in [4.78, 5) is 10.3. The van der Waals surface area contributed by atoms with Crippen LogP contribution in [0.5, 0.6) is 0 Å². The van der Waals surface area contributed by atoms with E-state index in [0.29, 0.717) is 5.82 Å². The number of nitrogens with zero attached hydrogens (tertiary/aromatic N) is 4. The smallest absolute Gasteiger partial charge is 0.160 e. The quantitative estimate of drug-likeness (QED) is 0.167. The fraction of sp³-hybridized carbons (Fsp3) is 0.0448. The summed E-state index contributed by atoms with van der Waals surface area (Å²) >= 11 is 0. The molecule has 0 N–H and O–H groups in total. The van der Waals surface area contributed by atoms with E-state index in [1.54, 1.807) is 0 Å². The molecule has 10 aromatic carbocycles. The third-order valence-corrected chi connectivity index (χ3v) is 15.3. The van der Waals surface area contributed by atoms with Crippen LogP contribution in [0.25, 0.3) is 133 Å². The van der Waals surface area contributed by atoms with E-state index < -0.39 is 0 Å². The van der Waals surface area contributed by atoms with Crippen molar-refractivity contribution in [1.29, 1.82) is 0 Å². The van der Waals surface area contributed by atoms with Gasteiger partial charge in [-0.15, -0.1) is 0 Å². The van der Waals surface area contributed by atoms with E-state index in [4.69, 9.17) is 14.4 Å². The number of aromatic nitrogens is 4. The lowest BCUT2D eigenvalue weighted by atomic mass is 9.82. The number of hydrogen-bond acceptors (Lipinski definition) is 3. The second kappa shape index (κ2) is 15.3. The number of hydrogen-bond donors (Lipinski definition) is 0. The first-order chi connectivity index (χ1) is 35.4. The minimum absolute atomic E-state index is 0.183. The fourth-order valence-electron chi connectivity index (χ4n) is 11.8. The zero-order chi connectivity index (χ0) is 47.7. The van der Waals surface area contributed by atoms with Gasteiger partial charge in [0.15, 0.2) is 5.82 Å². The van der Waals surface area contributed by atoms with Gasteiger partial charge in [0.25, 0.3) is 0 Å². The molecule has 0 amide bonds. The molecule has 5 nitrogen and oxygen atoms in total. The molecule has 0 aliphatic heterocycles. The highest BCUT2D eigenvalue weighted by Crippen LogP contribution is 2.52. The third kappa shape index (κ3) is 6.07. The van der Waals surface area contributed by atoms with E-state index in [2.05, 4.69) is 223 Å². The molecule has 15 rings (SSSR count). The van der Waals surface area contributed by atoms with E-state index in [1.807, 2.05) is 30.3 Å². The number of fused-ring (bicyclic) bond motifs is 12. The molecule has 0 radical (unpaired) electrons. The highest BCUT2D eigenvalue weighted by atomic mass is 16.3. The average Bonchev–Trinajstić information content (AvgIpc) is 4.14. The normalized spacial score (nSPS) is 13.0. The van der Waals surface area contributed by atoms with Crippen LogP contribution in [0, 0.1) is 0 Å². The van der Waals surface area contributed by atoms with Crippen molar-refractivity contribution in [3.63, 3.8) is 0 Å². The van der Waals surface area contributed by atoms with Crippen LogP contribution in [-0.2, 0) is 5.41 Å². The van der Waals surface area contributed by atoms with Crippen LogP contribution >= 0.6 is 0 Å². The van der Waals surface area contributed by atoms with Crippen molar-refractivity contribution in [2.75, 3.05) is 0 Å². The largest absolute Gasteiger partial charge is 0.456 e. The molecule has 338 valence electrons. The van der Waals surface area contributed by atoms with Gasteiger partial charge in [0.2, 0.25) is 0 Å². The lowest BCUT2D eigenvalue weighted by Gasteiger charge is -2.22. The zero-order valence-electron chi connectivity index (χ0n) is 39.6. The summed E-state index contributed by atoms with van der Waals surface area (Å²) in [5.74, 6) is 0.691. The van der Waals surface area contributed by atoms with E-state index in [9.17, 15) is 0 Å². The summed E-state index contributed by atoms with van der Waals surface area (Å²) < 4.78 is 11.4. The highest BCUT2D eigenvalue weighted by Gasteiger charge is 2.37. The highest BCUT2D eigenvalue weighted by molar-refractivity contribution is 6.18. The van der Waals surface area contributed by atoms with Gasteiger partial charge in [-0.05, 0) is 112 Å². The Labute approximate surface area is 415 Å². The van der Waals surface area contributed by atoms with Gasteiger partial charge < -0.3 is 13.6 Å². The summed E-state index contributed by atoms with van der Waals surface area (Å²) in [7, 11) is 0. The second-order valence-electron chi connectivity index (χ2n) is 19.8. The van der Waals surface area contributed by atoms with Crippen LogP contribution in [0.4, 0.5) is 0 Å². The molecule has 0 bridgehead atoms. The summed E-state index contributed by atoms with van der Waals surface area (Å²) in [5, 5.41) is 7.10. The first kappa shape index (κ1) is 40.6. The molecular weight excluding hydrogens is 877 g/mol. The average molecular weight is 921 g/mol. The van der Waals surface area contributed by atoms with Crippen LogP contribution in [0.1, 0.15) is 25.0 Å². The van der Waals surface area contributed by atoms with Crippen LogP contribution < -0.4 is 0 Å². The van der Waals surface area contributed by atoms with Crippen molar-refractivity contribution in [2.45, 2.75) is 19.3 Å². The van der Waals surface area contributed by atoms with Crippen LogP contribution in [0.2, 0.25) is 0 Å². The summed E-state index contributed by atoms with van der Waals surface area (Å²) in [6, 6.07) is 83.0. The molecular formula is C67H44N4O. The van der Waals surface area contributed by atoms with Gasteiger partial charge in [-0.3, -0.25) is 0 Å². The topological polar surface area (TPSA) is 48.8 Å². The van der Waals surface area contributed by atoms with E-state index >= 15 is 0 Å². The fourth-order valence-corrected chi connectivity index (χ4v) is 11.8. The number of furan rings is 1. The molecule has 1 aliphatic carbocycles. The molecule has 0 fully saturated rings. The van der Waals surface area contributed by atoms with Gasteiger partial charge in [-0.2, -0.15) is 0 Å². The molecule has 14 aromatic rings. The summed E-state index contributed by atoms with van der Waals surface area (Å²) in [6.07, 6.45) is 0. The molecule has 1 aliphatic rings. The van der Waals surface area contributed by atoms with Crippen LogP contribution in [-0.4, -0.2) is 19.1 Å². The number of benzene rings is 10. The first-order valence-electron chi connectivity index (χ1n) is 24.7. The van der Waals surface area contributed by atoms with E-state index in [1.165, 1.54) is 71.6 Å². The third-order valence-electron chi connectivity index (χ3n) is 15.3. The zero-order valence-corrected chi connectivity index (χ0v) is 39.6. The van der Waals surface area contributed by atoms with Crippen LogP contribution in [0.15, 0.2) is 235 Å². The van der Waals surface area contributed by atoms with Gasteiger partial charge in [-0.25, -0.2) is 9.97 Å². The van der Waals surface area contributed by atoms with Crippen molar-refractivity contribution in [3.05, 3.63) is 242 Å².